The lowest BCUT2D eigenvalue weighted by Gasteiger charge is -2.20. The van der Waals surface area contributed by atoms with E-state index in [-0.39, 0.29) is 17.1 Å². The van der Waals surface area contributed by atoms with Gasteiger partial charge in [0.2, 0.25) is 10.0 Å². The van der Waals surface area contributed by atoms with Crippen molar-refractivity contribution in [2.24, 2.45) is 5.92 Å². The van der Waals surface area contributed by atoms with E-state index in [1.807, 2.05) is 6.92 Å². The van der Waals surface area contributed by atoms with E-state index in [1.54, 1.807) is 22.2 Å². The van der Waals surface area contributed by atoms with Crippen molar-refractivity contribution in [3.63, 3.8) is 0 Å². The summed E-state index contributed by atoms with van der Waals surface area (Å²) < 4.78 is 31.4. The van der Waals surface area contributed by atoms with E-state index in [0.717, 1.165) is 0 Å². The molecule has 0 radical (unpaired) electrons. The van der Waals surface area contributed by atoms with Gasteiger partial charge in [-0.3, -0.25) is 4.79 Å². The van der Waals surface area contributed by atoms with Gasteiger partial charge in [-0.15, -0.1) is 0 Å². The Morgan fingerprint density at radius 1 is 1.41 bits per heavy atom. The van der Waals surface area contributed by atoms with E-state index in [0.29, 0.717) is 50.5 Å². The molecule has 1 aromatic heterocycles. The van der Waals surface area contributed by atoms with E-state index in [2.05, 4.69) is 5.16 Å². The number of likely N-dealkylation sites (tertiary alicyclic amines) is 1. The highest BCUT2D eigenvalue weighted by molar-refractivity contribution is 7.90. The average molecular weight is 327 g/mol. The van der Waals surface area contributed by atoms with Crippen molar-refractivity contribution < 1.29 is 17.7 Å². The molecule has 0 aliphatic carbocycles. The van der Waals surface area contributed by atoms with Crippen LogP contribution in [0.25, 0.3) is 0 Å². The van der Waals surface area contributed by atoms with Gasteiger partial charge in [-0.2, -0.15) is 0 Å². The molecule has 0 spiro atoms. The molecule has 3 heterocycles. The normalized spacial score (nSPS) is 28.4. The van der Waals surface area contributed by atoms with Gasteiger partial charge in [-0.05, 0) is 25.7 Å². The first-order valence-electron chi connectivity index (χ1n) is 7.65. The molecule has 1 amide bonds. The molecule has 1 aromatic rings. The number of nitrogens with zero attached hydrogens (tertiary/aromatic N) is 3. The fourth-order valence-electron chi connectivity index (χ4n) is 3.44. The quantitative estimate of drug-likeness (QED) is 0.805. The number of carbonyl (C=O) groups is 1. The minimum atomic E-state index is -3.21. The van der Waals surface area contributed by atoms with Crippen LogP contribution in [-0.4, -0.2) is 60.1 Å². The van der Waals surface area contributed by atoms with Crippen molar-refractivity contribution in [1.82, 2.24) is 14.4 Å². The molecule has 0 unspecified atom stereocenters. The predicted molar refractivity (Wildman–Crippen MR) is 79.8 cm³/mol. The molecular formula is C14H21N3O4S. The topological polar surface area (TPSA) is 83.7 Å². The van der Waals surface area contributed by atoms with Crippen LogP contribution in [0.5, 0.6) is 0 Å². The highest BCUT2D eigenvalue weighted by Gasteiger charge is 2.46. The Morgan fingerprint density at radius 2 is 2.14 bits per heavy atom. The number of aryl methyl sites for hydroxylation is 1. The van der Waals surface area contributed by atoms with E-state index in [1.165, 1.54) is 0 Å². The smallest absolute Gasteiger partial charge is 0.276 e. The zero-order valence-electron chi connectivity index (χ0n) is 12.9. The fourth-order valence-corrected chi connectivity index (χ4v) is 5.69. The van der Waals surface area contributed by atoms with Crippen LogP contribution in [0.15, 0.2) is 10.6 Å². The molecule has 0 aromatic carbocycles. The molecule has 2 atom stereocenters. The summed E-state index contributed by atoms with van der Waals surface area (Å²) in [5.41, 5.74) is 0.294. The Bertz CT molecular complexity index is 669. The summed E-state index contributed by atoms with van der Waals surface area (Å²) >= 11 is 0. The summed E-state index contributed by atoms with van der Waals surface area (Å²) in [4.78, 5) is 14.1. The number of hydrogen-bond acceptors (Lipinski definition) is 5. The Morgan fingerprint density at radius 3 is 2.77 bits per heavy atom. The molecule has 2 fully saturated rings. The van der Waals surface area contributed by atoms with Crippen molar-refractivity contribution in [3.8, 4) is 0 Å². The van der Waals surface area contributed by atoms with Gasteiger partial charge in [-0.25, -0.2) is 12.7 Å². The molecule has 122 valence electrons. The van der Waals surface area contributed by atoms with Crippen LogP contribution in [0.2, 0.25) is 0 Å². The van der Waals surface area contributed by atoms with Gasteiger partial charge in [0.05, 0.1) is 5.25 Å². The lowest BCUT2D eigenvalue weighted by atomic mass is 10.0. The molecule has 3 rings (SSSR count). The van der Waals surface area contributed by atoms with E-state index >= 15 is 0 Å². The van der Waals surface area contributed by atoms with E-state index in [9.17, 15) is 13.2 Å². The van der Waals surface area contributed by atoms with E-state index < -0.39 is 10.0 Å². The molecule has 2 aliphatic heterocycles. The number of sulfonamides is 1. The highest BCUT2D eigenvalue weighted by Crippen LogP contribution is 2.34. The number of rotatable bonds is 2. The molecule has 2 saturated heterocycles. The predicted octanol–water partition coefficient (Wildman–Crippen LogP) is 0.869. The number of hydrogen-bond donors (Lipinski definition) is 0. The van der Waals surface area contributed by atoms with Crippen LogP contribution in [0.3, 0.4) is 0 Å². The van der Waals surface area contributed by atoms with Gasteiger partial charge in [0.15, 0.2) is 5.69 Å². The summed E-state index contributed by atoms with van der Waals surface area (Å²) in [5, 5.41) is 3.40. The first kappa shape index (κ1) is 15.5. The zero-order chi connectivity index (χ0) is 15.9. The van der Waals surface area contributed by atoms with Crippen molar-refractivity contribution in [2.75, 3.05) is 26.2 Å². The largest absolute Gasteiger partial charge is 0.361 e. The van der Waals surface area contributed by atoms with Gasteiger partial charge in [0.25, 0.3) is 5.91 Å². The number of amides is 1. The second-order valence-electron chi connectivity index (χ2n) is 5.99. The summed E-state index contributed by atoms with van der Waals surface area (Å²) in [6.45, 7) is 5.72. The summed E-state index contributed by atoms with van der Waals surface area (Å²) in [6.07, 6.45) is 1.20. The third kappa shape index (κ3) is 2.54. The van der Waals surface area contributed by atoms with E-state index in [4.69, 9.17) is 4.52 Å². The van der Waals surface area contributed by atoms with Crippen LogP contribution in [-0.2, 0) is 10.0 Å². The number of aromatic nitrogens is 1. The summed E-state index contributed by atoms with van der Waals surface area (Å²) in [5.74, 6) is 0.527. The monoisotopic (exact) mass is 327 g/mol. The SMILES string of the molecule is CCN1C[C@H]2CCN(C(=O)c3cc(C)on3)CC[C@H]2S1(=O)=O. The van der Waals surface area contributed by atoms with Crippen LogP contribution in [0, 0.1) is 12.8 Å². The summed E-state index contributed by atoms with van der Waals surface area (Å²) in [6, 6.07) is 1.61. The van der Waals surface area contributed by atoms with Gasteiger partial charge in [0.1, 0.15) is 5.76 Å². The van der Waals surface area contributed by atoms with Crippen LogP contribution in [0.1, 0.15) is 36.0 Å². The zero-order valence-corrected chi connectivity index (χ0v) is 13.7. The van der Waals surface area contributed by atoms with Crippen molar-refractivity contribution >= 4 is 15.9 Å². The first-order valence-corrected chi connectivity index (χ1v) is 9.15. The molecule has 0 saturated carbocycles. The van der Waals surface area contributed by atoms with Crippen molar-refractivity contribution in [1.29, 1.82) is 0 Å². The van der Waals surface area contributed by atoms with Crippen LogP contribution >= 0.6 is 0 Å². The second kappa shape index (κ2) is 5.66. The standard InChI is InChI=1S/C14H21N3O4S/c1-3-17-9-11-4-6-16(7-5-13(11)22(17,19)20)14(18)12-8-10(2)21-15-12/h8,11,13H,3-7,9H2,1-2H3/t11-,13-/m1/s1. The second-order valence-corrected chi connectivity index (χ2v) is 8.14. The van der Waals surface area contributed by atoms with Gasteiger partial charge in [-0.1, -0.05) is 12.1 Å². The number of carbonyl (C=O) groups excluding carboxylic acids is 1. The highest BCUT2D eigenvalue weighted by atomic mass is 32.2. The maximum atomic E-state index is 12.5. The van der Waals surface area contributed by atoms with Crippen LogP contribution < -0.4 is 0 Å². The molecular weight excluding hydrogens is 306 g/mol. The maximum absolute atomic E-state index is 12.5. The maximum Gasteiger partial charge on any atom is 0.276 e. The lowest BCUT2D eigenvalue weighted by molar-refractivity contribution is 0.0748. The molecule has 22 heavy (non-hydrogen) atoms. The minimum Gasteiger partial charge on any atom is -0.361 e. The Hall–Kier alpha value is -1.41. The first-order chi connectivity index (χ1) is 10.4. The Balaban J connectivity index is 1.74. The molecule has 8 heteroatoms. The molecule has 7 nitrogen and oxygen atoms in total. The Kier molecular flexibility index (Phi) is 3.98. The molecule has 2 aliphatic rings. The van der Waals surface area contributed by atoms with Crippen LogP contribution in [0.4, 0.5) is 0 Å². The van der Waals surface area contributed by atoms with Crippen molar-refractivity contribution in [2.45, 2.75) is 31.9 Å². The Labute approximate surface area is 130 Å². The minimum absolute atomic E-state index is 0.113. The lowest BCUT2D eigenvalue weighted by Crippen LogP contribution is -2.35. The summed E-state index contributed by atoms with van der Waals surface area (Å²) in [7, 11) is -3.21. The average Bonchev–Trinajstić information content (AvgIpc) is 2.92. The molecule has 0 N–H and O–H groups in total. The van der Waals surface area contributed by atoms with Gasteiger partial charge >= 0.3 is 0 Å². The number of fused-ring (bicyclic) bond motifs is 1. The molecule has 0 bridgehead atoms. The van der Waals surface area contributed by atoms with Crippen molar-refractivity contribution in [3.05, 3.63) is 17.5 Å². The third-order valence-electron chi connectivity index (χ3n) is 4.65. The van der Waals surface area contributed by atoms with Gasteiger partial charge in [0, 0.05) is 32.2 Å². The third-order valence-corrected chi connectivity index (χ3v) is 7.16. The van der Waals surface area contributed by atoms with Gasteiger partial charge < -0.3 is 9.42 Å². The fraction of sp³-hybridized carbons (Fsp3) is 0.714.